The third-order valence-corrected chi connectivity index (χ3v) is 6.07. The van der Waals surface area contributed by atoms with Crippen molar-refractivity contribution in [2.24, 2.45) is 0 Å². The Bertz CT molecular complexity index is 975. The zero-order chi connectivity index (χ0) is 21.1. The van der Waals surface area contributed by atoms with Gasteiger partial charge in [-0.15, -0.1) is 0 Å². The van der Waals surface area contributed by atoms with E-state index in [1.807, 2.05) is 49.4 Å². The fourth-order valence-electron chi connectivity index (χ4n) is 4.55. The Kier molecular flexibility index (Phi) is 5.87. The fourth-order valence-corrected chi connectivity index (χ4v) is 4.55. The second kappa shape index (κ2) is 8.73. The van der Waals surface area contributed by atoms with Crippen molar-refractivity contribution < 1.29 is 14.7 Å². The van der Waals surface area contributed by atoms with Crippen LogP contribution in [-0.2, 0) is 16.0 Å². The van der Waals surface area contributed by atoms with Gasteiger partial charge in [-0.25, -0.2) is 0 Å². The molecule has 2 aliphatic heterocycles. The molecule has 0 radical (unpaired) electrons. The number of fused-ring (bicyclic) bond motifs is 1. The highest BCUT2D eigenvalue weighted by molar-refractivity contribution is 5.87. The van der Waals surface area contributed by atoms with E-state index in [0.29, 0.717) is 19.4 Å². The average Bonchev–Trinajstić information content (AvgIpc) is 2.76. The van der Waals surface area contributed by atoms with Gasteiger partial charge in [0.2, 0.25) is 11.8 Å². The predicted octanol–water partition coefficient (Wildman–Crippen LogP) is 2.19. The van der Waals surface area contributed by atoms with Crippen molar-refractivity contribution in [1.29, 1.82) is 0 Å². The van der Waals surface area contributed by atoms with Gasteiger partial charge in [0.15, 0.2) is 0 Å². The molecule has 2 aliphatic rings. The first-order valence-electron chi connectivity index (χ1n) is 10.4. The lowest BCUT2D eigenvalue weighted by atomic mass is 9.73. The second-order valence-electron chi connectivity index (χ2n) is 7.86. The summed E-state index contributed by atoms with van der Waals surface area (Å²) in [6.07, 6.45) is 1.10. The monoisotopic (exact) mass is 402 g/mol. The Morgan fingerprint density at radius 1 is 1.13 bits per heavy atom. The van der Waals surface area contributed by atoms with Crippen LogP contribution in [0.3, 0.4) is 0 Å². The number of aliphatic hydroxyl groups excluding tert-OH is 1. The summed E-state index contributed by atoms with van der Waals surface area (Å²) in [5.74, 6) is 6.35. The Labute approximate surface area is 177 Å². The summed E-state index contributed by atoms with van der Waals surface area (Å²) in [5, 5.41) is 9.88. The van der Waals surface area contributed by atoms with Crippen molar-refractivity contribution in [3.05, 3.63) is 71.3 Å². The topological polar surface area (TPSA) is 60.9 Å². The largest absolute Gasteiger partial charge is 0.394 e. The maximum absolute atomic E-state index is 12.5. The summed E-state index contributed by atoms with van der Waals surface area (Å²) in [6, 6.07) is 17.9. The number of hydrogen-bond donors (Lipinski definition) is 1. The van der Waals surface area contributed by atoms with E-state index in [0.717, 1.165) is 11.1 Å². The lowest BCUT2D eigenvalue weighted by Crippen LogP contribution is -2.73. The van der Waals surface area contributed by atoms with Crippen LogP contribution >= 0.6 is 0 Å². The molecule has 30 heavy (non-hydrogen) atoms. The Balaban J connectivity index is 1.48. The standard InChI is InChI=1S/C25H26N2O3/c1-2-23(29)26-15-21-25(22(17-28)27(21)24(30)16-26)20-13-11-19(12-14-20)10-6-9-18-7-4-3-5-8-18/h3-5,7-8,11-14,21-22,25,28H,2,9,15-17H2,1H3/t21-,22-,25-/m1/s1. The van der Waals surface area contributed by atoms with Crippen LogP contribution in [0.2, 0.25) is 0 Å². The van der Waals surface area contributed by atoms with Gasteiger partial charge in [0, 0.05) is 30.9 Å². The lowest BCUT2D eigenvalue weighted by Gasteiger charge is -2.58. The van der Waals surface area contributed by atoms with Gasteiger partial charge in [-0.05, 0) is 23.3 Å². The molecular weight excluding hydrogens is 376 g/mol. The van der Waals surface area contributed by atoms with E-state index in [2.05, 4.69) is 24.0 Å². The molecule has 0 spiro atoms. The number of rotatable bonds is 4. The summed E-state index contributed by atoms with van der Waals surface area (Å²) >= 11 is 0. The normalized spacial score (nSPS) is 22.6. The van der Waals surface area contributed by atoms with Crippen LogP contribution in [0.4, 0.5) is 0 Å². The van der Waals surface area contributed by atoms with E-state index < -0.39 is 0 Å². The van der Waals surface area contributed by atoms with E-state index in [1.54, 1.807) is 9.80 Å². The zero-order valence-electron chi connectivity index (χ0n) is 17.1. The molecule has 154 valence electrons. The Morgan fingerprint density at radius 2 is 1.87 bits per heavy atom. The molecule has 0 saturated carbocycles. The van der Waals surface area contributed by atoms with E-state index in [-0.39, 0.29) is 43.0 Å². The predicted molar refractivity (Wildman–Crippen MR) is 115 cm³/mol. The van der Waals surface area contributed by atoms with Gasteiger partial charge >= 0.3 is 0 Å². The minimum Gasteiger partial charge on any atom is -0.394 e. The molecule has 2 fully saturated rings. The van der Waals surface area contributed by atoms with Crippen LogP contribution in [0.1, 0.15) is 36.0 Å². The molecule has 2 amide bonds. The average molecular weight is 402 g/mol. The first kappa shape index (κ1) is 20.2. The Hall–Kier alpha value is -3.10. The van der Waals surface area contributed by atoms with Gasteiger partial charge < -0.3 is 14.9 Å². The van der Waals surface area contributed by atoms with Crippen molar-refractivity contribution in [3.63, 3.8) is 0 Å². The highest BCUT2D eigenvalue weighted by atomic mass is 16.3. The van der Waals surface area contributed by atoms with Gasteiger partial charge in [-0.2, -0.15) is 0 Å². The van der Waals surface area contributed by atoms with Crippen molar-refractivity contribution >= 4 is 11.8 Å². The van der Waals surface area contributed by atoms with Crippen molar-refractivity contribution in [2.45, 2.75) is 37.8 Å². The van der Waals surface area contributed by atoms with Gasteiger partial charge in [0.1, 0.15) is 0 Å². The third-order valence-electron chi connectivity index (χ3n) is 6.07. The van der Waals surface area contributed by atoms with Crippen LogP contribution in [-0.4, -0.2) is 58.5 Å². The quantitative estimate of drug-likeness (QED) is 0.798. The number of carbonyl (C=O) groups excluding carboxylic acids is 2. The van der Waals surface area contributed by atoms with Crippen LogP contribution in [0.25, 0.3) is 0 Å². The minimum absolute atomic E-state index is 0.00163. The summed E-state index contributed by atoms with van der Waals surface area (Å²) in [7, 11) is 0. The lowest BCUT2D eigenvalue weighted by molar-refractivity contribution is -0.166. The SMILES string of the molecule is CCC(=O)N1CC(=O)N2[C@H](CO)[C@H](c3ccc(C#CCc4ccccc4)cc3)[C@H]2C1. The zero-order valence-corrected chi connectivity index (χ0v) is 17.1. The number of benzene rings is 2. The summed E-state index contributed by atoms with van der Waals surface area (Å²) in [6.45, 7) is 2.37. The van der Waals surface area contributed by atoms with Gasteiger partial charge in [-0.3, -0.25) is 9.59 Å². The van der Waals surface area contributed by atoms with E-state index in [9.17, 15) is 14.7 Å². The molecule has 0 aromatic heterocycles. The van der Waals surface area contributed by atoms with Crippen LogP contribution in [0.5, 0.6) is 0 Å². The maximum atomic E-state index is 12.5. The molecule has 1 N–H and O–H groups in total. The molecule has 5 nitrogen and oxygen atoms in total. The molecule has 3 atom stereocenters. The van der Waals surface area contributed by atoms with Crippen molar-refractivity contribution in [3.8, 4) is 11.8 Å². The van der Waals surface area contributed by atoms with Crippen LogP contribution in [0, 0.1) is 11.8 Å². The summed E-state index contributed by atoms with van der Waals surface area (Å²) < 4.78 is 0. The van der Waals surface area contributed by atoms with Crippen LogP contribution in [0.15, 0.2) is 54.6 Å². The summed E-state index contributed by atoms with van der Waals surface area (Å²) in [4.78, 5) is 28.1. The Morgan fingerprint density at radius 3 is 2.53 bits per heavy atom. The number of nitrogens with zero attached hydrogens (tertiary/aromatic N) is 2. The van der Waals surface area contributed by atoms with E-state index in [4.69, 9.17) is 0 Å². The number of piperazine rings is 1. The molecule has 5 heteroatoms. The van der Waals surface area contributed by atoms with Crippen LogP contribution < -0.4 is 0 Å². The smallest absolute Gasteiger partial charge is 0.242 e. The number of aliphatic hydroxyl groups is 1. The molecule has 2 aromatic rings. The van der Waals surface area contributed by atoms with Gasteiger partial charge in [0.25, 0.3) is 0 Å². The molecular formula is C25H26N2O3. The molecule has 2 aromatic carbocycles. The molecule has 2 heterocycles. The van der Waals surface area contributed by atoms with E-state index >= 15 is 0 Å². The molecule has 2 saturated heterocycles. The molecule has 0 unspecified atom stereocenters. The first-order chi connectivity index (χ1) is 14.6. The number of amides is 2. The maximum Gasteiger partial charge on any atom is 0.242 e. The fraction of sp³-hybridized carbons (Fsp3) is 0.360. The van der Waals surface area contributed by atoms with E-state index in [1.165, 1.54) is 5.56 Å². The van der Waals surface area contributed by atoms with Crippen molar-refractivity contribution in [1.82, 2.24) is 9.80 Å². The van der Waals surface area contributed by atoms with Gasteiger partial charge in [0.05, 0.1) is 25.2 Å². The van der Waals surface area contributed by atoms with Gasteiger partial charge in [-0.1, -0.05) is 61.2 Å². The number of hydrogen-bond acceptors (Lipinski definition) is 3. The van der Waals surface area contributed by atoms with Crippen molar-refractivity contribution in [2.75, 3.05) is 19.7 Å². The second-order valence-corrected chi connectivity index (χ2v) is 7.86. The minimum atomic E-state index is -0.226. The summed E-state index contributed by atoms with van der Waals surface area (Å²) in [5.41, 5.74) is 3.20. The number of carbonyl (C=O) groups is 2. The molecule has 0 aliphatic carbocycles. The molecule has 4 rings (SSSR count). The highest BCUT2D eigenvalue weighted by Crippen LogP contribution is 2.42. The molecule has 0 bridgehead atoms. The highest BCUT2D eigenvalue weighted by Gasteiger charge is 2.54. The third kappa shape index (κ3) is 3.83. The first-order valence-corrected chi connectivity index (χ1v) is 10.4.